The minimum absolute atomic E-state index is 0.0208. The quantitative estimate of drug-likeness (QED) is 0.359. The van der Waals surface area contributed by atoms with Crippen LogP contribution in [0.1, 0.15) is 29.5 Å². The number of amides is 2. The number of nitrogens with zero attached hydrogens (tertiary/aromatic N) is 1. The van der Waals surface area contributed by atoms with Gasteiger partial charge in [-0.2, -0.15) is 5.10 Å². The van der Waals surface area contributed by atoms with Crippen LogP contribution in [0.4, 0.5) is 5.69 Å². The molecule has 2 aromatic carbocycles. The van der Waals surface area contributed by atoms with Crippen LogP contribution >= 0.6 is 15.9 Å². The minimum Gasteiger partial charge on any atom is -0.480 e. The number of hydrogen-bond acceptors (Lipinski definition) is 4. The normalized spacial score (nSPS) is 10.4. The van der Waals surface area contributed by atoms with Crippen LogP contribution in [0.3, 0.4) is 0 Å². The number of carbonyl (C=O) groups excluding carboxylic acids is 2. The summed E-state index contributed by atoms with van der Waals surface area (Å²) < 4.78 is 6.27. The van der Waals surface area contributed by atoms with Gasteiger partial charge in [0, 0.05) is 28.6 Å². The number of terminal acetylenes is 1. The van der Waals surface area contributed by atoms with Crippen LogP contribution < -0.4 is 15.5 Å². The maximum Gasteiger partial charge on any atom is 0.240 e. The van der Waals surface area contributed by atoms with E-state index in [0.717, 1.165) is 21.3 Å². The lowest BCUT2D eigenvalue weighted by Crippen LogP contribution is -2.21. The van der Waals surface area contributed by atoms with Gasteiger partial charge in [-0.1, -0.05) is 34.0 Å². The fraction of sp³-hybridized carbons (Fsp3) is 0.227. The molecule has 0 aliphatic carbocycles. The van der Waals surface area contributed by atoms with E-state index in [2.05, 4.69) is 37.7 Å². The summed E-state index contributed by atoms with van der Waals surface area (Å²) in [6, 6.07) is 11.2. The Labute approximate surface area is 178 Å². The summed E-state index contributed by atoms with van der Waals surface area (Å²) in [6.07, 6.45) is 6.75. The van der Waals surface area contributed by atoms with Gasteiger partial charge in [0.25, 0.3) is 0 Å². The van der Waals surface area contributed by atoms with Gasteiger partial charge >= 0.3 is 0 Å². The zero-order valence-corrected chi connectivity index (χ0v) is 17.9. The number of aryl methyl sites for hydroxylation is 2. The Bertz CT molecular complexity index is 964. The van der Waals surface area contributed by atoms with Crippen molar-refractivity contribution in [1.29, 1.82) is 0 Å². The van der Waals surface area contributed by atoms with Gasteiger partial charge in [-0.25, -0.2) is 5.43 Å². The maximum atomic E-state index is 12.1. The van der Waals surface area contributed by atoms with E-state index in [0.29, 0.717) is 11.3 Å². The molecule has 2 aromatic rings. The minimum atomic E-state index is -0.363. The van der Waals surface area contributed by atoms with E-state index < -0.39 is 0 Å². The Morgan fingerprint density at radius 3 is 2.69 bits per heavy atom. The van der Waals surface area contributed by atoms with E-state index in [9.17, 15) is 9.59 Å². The largest absolute Gasteiger partial charge is 0.480 e. The highest BCUT2D eigenvalue weighted by Gasteiger charge is 2.09. The van der Waals surface area contributed by atoms with Crippen LogP contribution in [0.5, 0.6) is 5.75 Å². The van der Waals surface area contributed by atoms with Crippen LogP contribution in [0.25, 0.3) is 0 Å². The molecule has 0 radical (unpaired) electrons. The Morgan fingerprint density at radius 1 is 1.17 bits per heavy atom. The first kappa shape index (κ1) is 22.2. The molecular formula is C22H22BrN3O3. The molecule has 0 fully saturated rings. The van der Waals surface area contributed by atoms with Crippen molar-refractivity contribution in [2.45, 2.75) is 26.7 Å². The lowest BCUT2D eigenvalue weighted by atomic mass is 10.1. The second kappa shape index (κ2) is 11.0. The number of carbonyl (C=O) groups is 2. The Morgan fingerprint density at radius 2 is 1.93 bits per heavy atom. The molecule has 0 aliphatic heterocycles. The number of hydrazone groups is 1. The number of benzene rings is 2. The summed E-state index contributed by atoms with van der Waals surface area (Å²) in [7, 11) is 0. The second-order valence-electron chi connectivity index (χ2n) is 6.33. The van der Waals surface area contributed by atoms with Crippen molar-refractivity contribution in [2.75, 3.05) is 11.9 Å². The van der Waals surface area contributed by atoms with E-state index in [1.807, 2.05) is 38.1 Å². The molecular weight excluding hydrogens is 434 g/mol. The summed E-state index contributed by atoms with van der Waals surface area (Å²) in [5, 5.41) is 6.76. The van der Waals surface area contributed by atoms with Crippen molar-refractivity contribution >= 4 is 39.6 Å². The molecule has 2 amide bonds. The van der Waals surface area contributed by atoms with E-state index in [-0.39, 0.29) is 31.3 Å². The van der Waals surface area contributed by atoms with Crippen LogP contribution in [-0.2, 0) is 9.59 Å². The highest BCUT2D eigenvalue weighted by molar-refractivity contribution is 9.10. The van der Waals surface area contributed by atoms with Gasteiger partial charge in [0.1, 0.15) is 12.4 Å². The highest BCUT2D eigenvalue weighted by Crippen LogP contribution is 2.21. The lowest BCUT2D eigenvalue weighted by molar-refractivity contribution is -0.124. The first-order valence-corrected chi connectivity index (χ1v) is 9.73. The molecule has 0 heterocycles. The number of rotatable bonds is 8. The summed E-state index contributed by atoms with van der Waals surface area (Å²) in [6.45, 7) is 4.00. The second-order valence-corrected chi connectivity index (χ2v) is 7.25. The third-order valence-corrected chi connectivity index (χ3v) is 4.42. The van der Waals surface area contributed by atoms with Crippen molar-refractivity contribution in [1.82, 2.24) is 5.43 Å². The van der Waals surface area contributed by atoms with Crippen molar-refractivity contribution in [3.8, 4) is 18.1 Å². The predicted octanol–water partition coefficient (Wildman–Crippen LogP) is 3.95. The number of anilines is 1. The van der Waals surface area contributed by atoms with E-state index in [1.165, 1.54) is 6.21 Å². The topological polar surface area (TPSA) is 79.8 Å². The van der Waals surface area contributed by atoms with Gasteiger partial charge in [0.05, 0.1) is 6.21 Å². The molecule has 2 N–H and O–H groups in total. The van der Waals surface area contributed by atoms with Gasteiger partial charge in [-0.05, 0) is 49.2 Å². The third kappa shape index (κ3) is 7.43. The summed E-state index contributed by atoms with van der Waals surface area (Å²) in [4.78, 5) is 24.1. The molecule has 29 heavy (non-hydrogen) atoms. The smallest absolute Gasteiger partial charge is 0.240 e. The standard InChI is InChI=1S/C22H22BrN3O3/c1-4-11-29-20-8-7-18(23)13-17(20)14-24-26-22(28)10-9-21(27)25-19-12-15(2)5-6-16(19)3/h1,5-8,12-14H,9-11H2,2-3H3,(H,25,27)(H,26,28). The van der Waals surface area contributed by atoms with Crippen molar-refractivity contribution in [3.05, 3.63) is 57.6 Å². The molecule has 0 unspecified atom stereocenters. The molecule has 0 bridgehead atoms. The number of hydrogen-bond donors (Lipinski definition) is 2. The lowest BCUT2D eigenvalue weighted by Gasteiger charge is -2.09. The predicted molar refractivity (Wildman–Crippen MR) is 118 cm³/mol. The van der Waals surface area contributed by atoms with E-state index in [4.69, 9.17) is 11.2 Å². The number of nitrogens with one attached hydrogen (secondary N) is 2. The van der Waals surface area contributed by atoms with Gasteiger partial charge in [0.15, 0.2) is 0 Å². The van der Waals surface area contributed by atoms with Gasteiger partial charge < -0.3 is 10.1 Å². The number of ether oxygens (including phenoxy) is 1. The molecule has 0 spiro atoms. The van der Waals surface area contributed by atoms with Gasteiger partial charge in [-0.3, -0.25) is 9.59 Å². The molecule has 0 saturated carbocycles. The molecule has 6 nitrogen and oxygen atoms in total. The fourth-order valence-electron chi connectivity index (χ4n) is 2.41. The van der Waals surface area contributed by atoms with Crippen molar-refractivity contribution < 1.29 is 14.3 Å². The Hall–Kier alpha value is -3.11. The monoisotopic (exact) mass is 455 g/mol. The summed E-state index contributed by atoms with van der Waals surface area (Å²) >= 11 is 3.37. The molecule has 0 aromatic heterocycles. The molecule has 0 aliphatic rings. The summed E-state index contributed by atoms with van der Waals surface area (Å²) in [5.41, 5.74) is 5.84. The Kier molecular flexibility index (Phi) is 8.44. The average molecular weight is 456 g/mol. The molecule has 2 rings (SSSR count). The number of halogens is 1. The fourth-order valence-corrected chi connectivity index (χ4v) is 2.79. The van der Waals surface area contributed by atoms with Gasteiger partial charge in [-0.15, -0.1) is 6.42 Å². The van der Waals surface area contributed by atoms with Crippen LogP contribution in [0, 0.1) is 26.2 Å². The first-order valence-electron chi connectivity index (χ1n) is 8.94. The molecule has 150 valence electrons. The van der Waals surface area contributed by atoms with Crippen LogP contribution in [-0.4, -0.2) is 24.6 Å². The van der Waals surface area contributed by atoms with Crippen molar-refractivity contribution in [3.63, 3.8) is 0 Å². The maximum absolute atomic E-state index is 12.1. The molecule has 0 atom stereocenters. The zero-order chi connectivity index (χ0) is 21.2. The van der Waals surface area contributed by atoms with Crippen molar-refractivity contribution in [2.24, 2.45) is 5.10 Å². The molecule has 7 heteroatoms. The van der Waals surface area contributed by atoms with E-state index in [1.54, 1.807) is 12.1 Å². The summed E-state index contributed by atoms with van der Waals surface area (Å²) in [5.74, 6) is 2.36. The van der Waals surface area contributed by atoms with Gasteiger partial charge in [0.2, 0.25) is 11.8 Å². The molecule has 0 saturated heterocycles. The average Bonchev–Trinajstić information content (AvgIpc) is 2.68. The highest BCUT2D eigenvalue weighted by atomic mass is 79.9. The third-order valence-electron chi connectivity index (χ3n) is 3.92. The van der Waals surface area contributed by atoms with E-state index >= 15 is 0 Å². The first-order chi connectivity index (χ1) is 13.9. The van der Waals surface area contributed by atoms with Crippen LogP contribution in [0.15, 0.2) is 46.0 Å². The Balaban J connectivity index is 1.85. The zero-order valence-electron chi connectivity index (χ0n) is 16.3. The SMILES string of the molecule is C#CCOc1ccc(Br)cc1C=NNC(=O)CCC(=O)Nc1cc(C)ccc1C. The van der Waals surface area contributed by atoms with Crippen LogP contribution in [0.2, 0.25) is 0 Å².